The molecule has 2 bridgehead atoms. The van der Waals surface area contributed by atoms with Gasteiger partial charge >= 0.3 is 0 Å². The van der Waals surface area contributed by atoms with Crippen LogP contribution in [0.3, 0.4) is 0 Å². The summed E-state index contributed by atoms with van der Waals surface area (Å²) < 4.78 is 1.67. The molecule has 0 amide bonds. The molecule has 4 aromatic rings. The highest BCUT2D eigenvalue weighted by Gasteiger charge is 2.41. The van der Waals surface area contributed by atoms with E-state index in [1.54, 1.807) is 4.68 Å². The Labute approximate surface area is 189 Å². The summed E-state index contributed by atoms with van der Waals surface area (Å²) in [5, 5.41) is 23.7. The maximum Gasteiger partial charge on any atom is 0.177 e. The lowest BCUT2D eigenvalue weighted by atomic mass is 9.98. The average Bonchev–Trinajstić information content (AvgIpc) is 3.39. The van der Waals surface area contributed by atoms with Crippen molar-refractivity contribution in [1.29, 1.82) is 0 Å². The number of halogens is 1. The van der Waals surface area contributed by atoms with E-state index in [2.05, 4.69) is 20.2 Å². The van der Waals surface area contributed by atoms with Crippen molar-refractivity contribution in [3.63, 3.8) is 0 Å². The first-order chi connectivity index (χ1) is 15.5. The lowest BCUT2D eigenvalue weighted by molar-refractivity contribution is 0.276. The van der Waals surface area contributed by atoms with Crippen LogP contribution in [0.25, 0.3) is 33.3 Å². The number of rotatable bonds is 3. The number of piperidine rings is 1. The number of H-pyrrole nitrogens is 1. The summed E-state index contributed by atoms with van der Waals surface area (Å²) in [5.41, 5.74) is 11.5. The van der Waals surface area contributed by atoms with Gasteiger partial charge in [0.25, 0.3) is 0 Å². The number of aryl methyl sites for hydroxylation is 2. The number of nitrogens with two attached hydrogens (primary N) is 1. The fourth-order valence-corrected chi connectivity index (χ4v) is 5.87. The van der Waals surface area contributed by atoms with Crippen molar-refractivity contribution >= 4 is 39.5 Å². The zero-order valence-corrected chi connectivity index (χ0v) is 18.8. The highest BCUT2D eigenvalue weighted by atomic mass is 35.5. The molecule has 2 fully saturated rings. The van der Waals surface area contributed by atoms with Crippen molar-refractivity contribution in [3.8, 4) is 11.3 Å². The van der Waals surface area contributed by atoms with Crippen LogP contribution in [0.15, 0.2) is 12.1 Å². The zero-order chi connectivity index (χ0) is 22.1. The first kappa shape index (κ1) is 19.9. The molecule has 3 aromatic heterocycles. The highest BCUT2D eigenvalue weighted by molar-refractivity contribution is 6.35. The molecule has 0 spiro atoms. The molecule has 32 heavy (non-hydrogen) atoms. The second kappa shape index (κ2) is 7.13. The average molecular weight is 453 g/mol. The number of hydrogen-bond donors (Lipinski definition) is 3. The van der Waals surface area contributed by atoms with Crippen LogP contribution >= 0.6 is 11.6 Å². The molecule has 9 nitrogen and oxygen atoms in total. The molecule has 0 saturated carbocycles. The highest BCUT2D eigenvalue weighted by Crippen LogP contribution is 2.40. The summed E-state index contributed by atoms with van der Waals surface area (Å²) >= 11 is 6.49. The molecule has 0 radical (unpaired) electrons. The molecule has 166 valence electrons. The molecule has 2 aliphatic heterocycles. The van der Waals surface area contributed by atoms with E-state index in [4.69, 9.17) is 27.3 Å². The first-order valence-electron chi connectivity index (χ1n) is 11.0. The summed E-state index contributed by atoms with van der Waals surface area (Å²) in [6.45, 7) is 1.83. The minimum Gasteiger partial charge on any atom is -0.390 e. The van der Waals surface area contributed by atoms with Crippen LogP contribution in [0.2, 0.25) is 5.15 Å². The van der Waals surface area contributed by atoms with E-state index in [1.165, 1.54) is 0 Å². The Morgan fingerprint density at radius 1 is 1.22 bits per heavy atom. The Morgan fingerprint density at radius 2 is 1.97 bits per heavy atom. The maximum absolute atomic E-state index is 10.2. The van der Waals surface area contributed by atoms with Crippen molar-refractivity contribution in [2.75, 3.05) is 4.90 Å². The minimum atomic E-state index is -0.183. The first-order valence-corrected chi connectivity index (χ1v) is 11.4. The third kappa shape index (κ3) is 2.78. The van der Waals surface area contributed by atoms with E-state index in [-0.39, 0.29) is 12.6 Å². The van der Waals surface area contributed by atoms with Gasteiger partial charge < -0.3 is 15.7 Å². The molecule has 5 heterocycles. The molecular formula is C22H25ClN8O. The van der Waals surface area contributed by atoms with E-state index in [0.29, 0.717) is 39.8 Å². The number of aromatic nitrogens is 6. The van der Waals surface area contributed by atoms with Crippen molar-refractivity contribution in [1.82, 2.24) is 29.9 Å². The lowest BCUT2D eigenvalue weighted by Gasteiger charge is -2.39. The van der Waals surface area contributed by atoms with Crippen molar-refractivity contribution in [2.45, 2.75) is 57.3 Å². The van der Waals surface area contributed by atoms with Gasteiger partial charge in [0.2, 0.25) is 0 Å². The van der Waals surface area contributed by atoms with Gasteiger partial charge in [0.15, 0.2) is 11.5 Å². The predicted molar refractivity (Wildman–Crippen MR) is 124 cm³/mol. The Bertz CT molecular complexity index is 1350. The monoisotopic (exact) mass is 452 g/mol. The van der Waals surface area contributed by atoms with Gasteiger partial charge in [-0.15, -0.1) is 0 Å². The fourth-order valence-electron chi connectivity index (χ4n) is 5.60. The van der Waals surface area contributed by atoms with E-state index in [9.17, 15) is 5.11 Å². The molecule has 0 aliphatic carbocycles. The molecule has 6 rings (SSSR count). The van der Waals surface area contributed by atoms with Gasteiger partial charge in [0, 0.05) is 36.1 Å². The van der Waals surface area contributed by atoms with Gasteiger partial charge in [-0.25, -0.2) is 9.97 Å². The number of nitrogens with zero attached hydrogens (tertiary/aromatic N) is 6. The predicted octanol–water partition coefficient (Wildman–Crippen LogP) is 2.82. The number of nitrogens with one attached hydrogen (secondary N) is 1. The van der Waals surface area contributed by atoms with Gasteiger partial charge in [-0.1, -0.05) is 17.7 Å². The summed E-state index contributed by atoms with van der Waals surface area (Å²) in [6, 6.07) is 4.85. The molecular weight excluding hydrogens is 428 g/mol. The van der Waals surface area contributed by atoms with Crippen molar-refractivity contribution in [3.05, 3.63) is 28.5 Å². The second-order valence-electron chi connectivity index (χ2n) is 8.99. The van der Waals surface area contributed by atoms with Crippen LogP contribution in [-0.2, 0) is 13.7 Å². The Morgan fingerprint density at radius 3 is 2.69 bits per heavy atom. The van der Waals surface area contributed by atoms with Gasteiger partial charge in [-0.05, 0) is 44.2 Å². The van der Waals surface area contributed by atoms with Gasteiger partial charge in [0.1, 0.15) is 22.1 Å². The largest absolute Gasteiger partial charge is 0.390 e. The minimum absolute atomic E-state index is 0.183. The van der Waals surface area contributed by atoms with Crippen LogP contribution in [0.5, 0.6) is 0 Å². The SMILES string of the molecule is Cc1c(-c2n[nH]c3nc(N4C5CCC4CC(N)C5)c(CO)nc23)ccc2nn(C)c(Cl)c12. The number of fused-ring (bicyclic) bond motifs is 4. The lowest BCUT2D eigenvalue weighted by Crippen LogP contribution is -2.48. The molecule has 4 N–H and O–H groups in total. The molecule has 1 aromatic carbocycles. The standard InChI is InChI=1S/C22H25ClN8O/c1-10-14(5-6-15-17(10)20(23)30(2)29-15)18-19-21(28-27-18)26-22(16(9-32)25-19)31-12-3-4-13(31)8-11(24)7-12/h5-6,11-13,32H,3-4,7-9,24H2,1-2H3,(H,26,27,28). The number of aliphatic hydroxyl groups is 1. The van der Waals surface area contributed by atoms with Crippen LogP contribution in [0.4, 0.5) is 5.82 Å². The third-order valence-electron chi connectivity index (χ3n) is 7.05. The van der Waals surface area contributed by atoms with Crippen LogP contribution in [0, 0.1) is 6.92 Å². The third-order valence-corrected chi connectivity index (χ3v) is 7.49. The van der Waals surface area contributed by atoms with Crippen molar-refractivity contribution < 1.29 is 5.11 Å². The number of aromatic amines is 1. The summed E-state index contributed by atoms with van der Waals surface area (Å²) in [4.78, 5) is 12.1. The van der Waals surface area contributed by atoms with Crippen LogP contribution in [-0.4, -0.2) is 53.2 Å². The number of hydrogen-bond acceptors (Lipinski definition) is 7. The van der Waals surface area contributed by atoms with E-state index >= 15 is 0 Å². The molecule has 2 atom stereocenters. The van der Waals surface area contributed by atoms with Gasteiger partial charge in [-0.2, -0.15) is 10.2 Å². The molecule has 10 heteroatoms. The molecule has 2 aliphatic rings. The van der Waals surface area contributed by atoms with Gasteiger partial charge in [-0.3, -0.25) is 9.78 Å². The summed E-state index contributed by atoms with van der Waals surface area (Å²) in [6.07, 6.45) is 4.09. The fraction of sp³-hybridized carbons (Fsp3) is 0.455. The number of benzene rings is 1. The van der Waals surface area contributed by atoms with E-state index < -0.39 is 0 Å². The normalized spacial score (nSPS) is 23.0. The smallest absolute Gasteiger partial charge is 0.177 e. The Balaban J connectivity index is 1.50. The maximum atomic E-state index is 10.2. The molecule has 2 saturated heterocycles. The topological polar surface area (TPSA) is 122 Å². The number of aliphatic hydroxyl groups excluding tert-OH is 1. The second-order valence-corrected chi connectivity index (χ2v) is 9.35. The van der Waals surface area contributed by atoms with Gasteiger partial charge in [0.05, 0.1) is 12.1 Å². The zero-order valence-electron chi connectivity index (χ0n) is 18.0. The van der Waals surface area contributed by atoms with E-state index in [0.717, 1.165) is 53.5 Å². The van der Waals surface area contributed by atoms with Crippen molar-refractivity contribution in [2.24, 2.45) is 12.8 Å². The molecule has 2 unspecified atom stereocenters. The quantitative estimate of drug-likeness (QED) is 0.437. The summed E-state index contributed by atoms with van der Waals surface area (Å²) in [5.74, 6) is 0.747. The van der Waals surface area contributed by atoms with Crippen LogP contribution < -0.4 is 10.6 Å². The number of anilines is 1. The van der Waals surface area contributed by atoms with Crippen LogP contribution in [0.1, 0.15) is 36.9 Å². The summed E-state index contributed by atoms with van der Waals surface area (Å²) in [7, 11) is 1.83. The Kier molecular flexibility index (Phi) is 4.43. The Hall–Kier alpha value is -2.75. The van der Waals surface area contributed by atoms with E-state index in [1.807, 2.05) is 26.1 Å².